The summed E-state index contributed by atoms with van der Waals surface area (Å²) in [6, 6.07) is 8.98. The molecule has 0 spiro atoms. The Labute approximate surface area is 100 Å². The Morgan fingerprint density at radius 3 is 3.06 bits per heavy atom. The third kappa shape index (κ3) is 4.96. The van der Waals surface area contributed by atoms with E-state index in [-0.39, 0.29) is 12.5 Å². The van der Waals surface area contributed by atoms with Gasteiger partial charge in [-0.05, 0) is 30.7 Å². The smallest absolute Gasteiger partial charge is 0.244 e. The molecule has 0 saturated heterocycles. The van der Waals surface area contributed by atoms with Crippen molar-refractivity contribution in [3.63, 3.8) is 0 Å². The lowest BCUT2D eigenvalue weighted by molar-refractivity contribution is -0.116. The first-order chi connectivity index (χ1) is 8.11. The highest BCUT2D eigenvalue weighted by atomic mass is 16.3. The van der Waals surface area contributed by atoms with E-state index >= 15 is 0 Å². The molecule has 0 aliphatic carbocycles. The summed E-state index contributed by atoms with van der Waals surface area (Å²) in [7, 11) is 0. The van der Waals surface area contributed by atoms with Crippen LogP contribution in [-0.4, -0.2) is 23.7 Å². The molecule has 0 bridgehead atoms. The Morgan fingerprint density at radius 1 is 1.65 bits per heavy atom. The van der Waals surface area contributed by atoms with E-state index in [2.05, 4.69) is 5.32 Å². The van der Waals surface area contributed by atoms with Crippen LogP contribution in [0.25, 0.3) is 6.08 Å². The summed E-state index contributed by atoms with van der Waals surface area (Å²) in [6.07, 6.45) is 2.44. The van der Waals surface area contributed by atoms with E-state index in [0.717, 1.165) is 5.56 Å². The van der Waals surface area contributed by atoms with Crippen molar-refractivity contribution in [1.82, 2.24) is 5.32 Å². The predicted molar refractivity (Wildman–Crippen MR) is 64.9 cm³/mol. The summed E-state index contributed by atoms with van der Waals surface area (Å²) in [6.45, 7) is 1.82. The molecule has 0 aliphatic rings. The highest BCUT2D eigenvalue weighted by Gasteiger charge is 1.98. The molecule has 1 rings (SSSR count). The molecule has 0 radical (unpaired) electrons. The Balaban J connectivity index is 2.58. The summed E-state index contributed by atoms with van der Waals surface area (Å²) in [5.74, 6) is -0.270. The first-order valence-electron chi connectivity index (χ1n) is 5.26. The highest BCUT2D eigenvalue weighted by molar-refractivity contribution is 5.91. The minimum atomic E-state index is -0.561. The molecule has 17 heavy (non-hydrogen) atoms. The maximum absolute atomic E-state index is 11.3. The number of hydrogen-bond acceptors (Lipinski definition) is 3. The minimum Gasteiger partial charge on any atom is -0.392 e. The molecule has 2 N–H and O–H groups in total. The topological polar surface area (TPSA) is 73.1 Å². The van der Waals surface area contributed by atoms with Gasteiger partial charge in [0.15, 0.2) is 0 Å². The average molecular weight is 230 g/mol. The number of nitriles is 1. The normalized spacial score (nSPS) is 12.1. The molecule has 1 aromatic carbocycles. The fourth-order valence-electron chi connectivity index (χ4n) is 1.19. The second kappa shape index (κ2) is 6.46. The molecule has 0 fully saturated rings. The van der Waals surface area contributed by atoms with Crippen molar-refractivity contribution in [2.45, 2.75) is 13.0 Å². The fourth-order valence-corrected chi connectivity index (χ4v) is 1.19. The zero-order chi connectivity index (χ0) is 12.7. The zero-order valence-corrected chi connectivity index (χ0v) is 9.55. The van der Waals surface area contributed by atoms with Crippen LogP contribution in [0.2, 0.25) is 0 Å². The Kier molecular flexibility index (Phi) is 4.92. The van der Waals surface area contributed by atoms with E-state index in [1.165, 1.54) is 6.08 Å². The number of amides is 1. The number of aliphatic hydroxyl groups excluding tert-OH is 1. The molecular formula is C13H14N2O2. The van der Waals surface area contributed by atoms with Gasteiger partial charge in [0.2, 0.25) is 5.91 Å². The second-order valence-corrected chi connectivity index (χ2v) is 3.66. The van der Waals surface area contributed by atoms with E-state index in [0.29, 0.717) is 5.56 Å². The van der Waals surface area contributed by atoms with Crippen molar-refractivity contribution in [3.8, 4) is 6.07 Å². The number of rotatable bonds is 4. The lowest BCUT2D eigenvalue weighted by Gasteiger charge is -2.03. The maximum Gasteiger partial charge on any atom is 0.244 e. The van der Waals surface area contributed by atoms with Gasteiger partial charge in [0.25, 0.3) is 0 Å². The van der Waals surface area contributed by atoms with Gasteiger partial charge in [0, 0.05) is 12.6 Å². The van der Waals surface area contributed by atoms with E-state index in [1.807, 2.05) is 6.07 Å². The third-order valence-electron chi connectivity index (χ3n) is 2.01. The molecule has 1 atom stereocenters. The van der Waals surface area contributed by atoms with Crippen molar-refractivity contribution in [2.24, 2.45) is 0 Å². The summed E-state index contributed by atoms with van der Waals surface area (Å²) in [4.78, 5) is 11.3. The summed E-state index contributed by atoms with van der Waals surface area (Å²) in [5.41, 5.74) is 1.34. The van der Waals surface area contributed by atoms with Crippen LogP contribution in [0.15, 0.2) is 30.3 Å². The van der Waals surface area contributed by atoms with Gasteiger partial charge in [-0.2, -0.15) is 5.26 Å². The van der Waals surface area contributed by atoms with Gasteiger partial charge in [0.1, 0.15) is 0 Å². The van der Waals surface area contributed by atoms with Gasteiger partial charge >= 0.3 is 0 Å². The summed E-state index contributed by atoms with van der Waals surface area (Å²) < 4.78 is 0. The first kappa shape index (κ1) is 12.9. The van der Waals surface area contributed by atoms with E-state index in [9.17, 15) is 4.79 Å². The molecule has 0 heterocycles. The summed E-state index contributed by atoms with van der Waals surface area (Å²) >= 11 is 0. The monoisotopic (exact) mass is 230 g/mol. The van der Waals surface area contributed by atoms with E-state index in [1.54, 1.807) is 37.3 Å². The number of hydrogen-bond donors (Lipinski definition) is 2. The van der Waals surface area contributed by atoms with Gasteiger partial charge in [-0.15, -0.1) is 0 Å². The first-order valence-corrected chi connectivity index (χ1v) is 5.26. The Bertz CT molecular complexity index is 459. The lowest BCUT2D eigenvalue weighted by atomic mass is 10.1. The maximum atomic E-state index is 11.3. The van der Waals surface area contributed by atoms with Crippen molar-refractivity contribution in [3.05, 3.63) is 41.5 Å². The number of nitrogens with one attached hydrogen (secondary N) is 1. The SMILES string of the molecule is C[C@H](O)CNC(=O)/C=C/c1cccc(C#N)c1. The largest absolute Gasteiger partial charge is 0.392 e. The molecular weight excluding hydrogens is 216 g/mol. The van der Waals surface area contributed by atoms with Crippen molar-refractivity contribution in [1.29, 1.82) is 5.26 Å². The van der Waals surface area contributed by atoms with Gasteiger partial charge in [0.05, 0.1) is 17.7 Å². The quantitative estimate of drug-likeness (QED) is 0.760. The van der Waals surface area contributed by atoms with Crippen molar-refractivity contribution in [2.75, 3.05) is 6.54 Å². The molecule has 4 nitrogen and oxygen atoms in total. The van der Waals surface area contributed by atoms with Crippen LogP contribution in [0, 0.1) is 11.3 Å². The second-order valence-electron chi connectivity index (χ2n) is 3.66. The van der Waals surface area contributed by atoms with Crippen LogP contribution < -0.4 is 5.32 Å². The number of carbonyl (C=O) groups is 1. The Hall–Kier alpha value is -2.12. The molecule has 0 saturated carbocycles. The standard InChI is InChI=1S/C13H14N2O2/c1-10(16)9-15-13(17)6-5-11-3-2-4-12(7-11)8-14/h2-7,10,16H,9H2,1H3,(H,15,17)/b6-5+/t10-/m0/s1. The van der Waals surface area contributed by atoms with E-state index in [4.69, 9.17) is 10.4 Å². The molecule has 0 unspecified atom stereocenters. The van der Waals surface area contributed by atoms with Gasteiger partial charge in [-0.1, -0.05) is 12.1 Å². The molecule has 1 amide bonds. The lowest BCUT2D eigenvalue weighted by Crippen LogP contribution is -2.28. The van der Waals surface area contributed by atoms with Gasteiger partial charge < -0.3 is 10.4 Å². The zero-order valence-electron chi connectivity index (χ0n) is 9.55. The molecule has 4 heteroatoms. The fraction of sp³-hybridized carbons (Fsp3) is 0.231. The van der Waals surface area contributed by atoms with Crippen LogP contribution in [0.4, 0.5) is 0 Å². The molecule has 0 aromatic heterocycles. The minimum absolute atomic E-state index is 0.224. The Morgan fingerprint density at radius 2 is 2.41 bits per heavy atom. The van der Waals surface area contributed by atoms with Crippen LogP contribution in [0.1, 0.15) is 18.1 Å². The average Bonchev–Trinajstić information content (AvgIpc) is 2.34. The number of carbonyl (C=O) groups excluding carboxylic acids is 1. The van der Waals surface area contributed by atoms with Crippen LogP contribution >= 0.6 is 0 Å². The van der Waals surface area contributed by atoms with Gasteiger partial charge in [-0.25, -0.2) is 0 Å². The molecule has 88 valence electrons. The number of benzene rings is 1. The predicted octanol–water partition coefficient (Wildman–Crippen LogP) is 1.07. The number of nitrogens with zero attached hydrogens (tertiary/aromatic N) is 1. The molecule has 0 aliphatic heterocycles. The van der Waals surface area contributed by atoms with Crippen LogP contribution in [0.3, 0.4) is 0 Å². The number of aliphatic hydroxyl groups is 1. The van der Waals surface area contributed by atoms with Crippen LogP contribution in [-0.2, 0) is 4.79 Å². The summed E-state index contributed by atoms with van der Waals surface area (Å²) in [5, 5.41) is 20.2. The van der Waals surface area contributed by atoms with Crippen molar-refractivity contribution < 1.29 is 9.90 Å². The van der Waals surface area contributed by atoms with E-state index < -0.39 is 6.10 Å². The third-order valence-corrected chi connectivity index (χ3v) is 2.01. The van der Waals surface area contributed by atoms with Crippen LogP contribution in [0.5, 0.6) is 0 Å². The van der Waals surface area contributed by atoms with Crippen molar-refractivity contribution >= 4 is 12.0 Å². The molecule has 1 aromatic rings. The van der Waals surface area contributed by atoms with Gasteiger partial charge in [-0.3, -0.25) is 4.79 Å². The highest BCUT2D eigenvalue weighted by Crippen LogP contribution is 2.05.